The molecule has 1 rings (SSSR count). The third-order valence-electron chi connectivity index (χ3n) is 2.59. The number of carbonyl (C=O) groups excluding carboxylic acids is 1. The summed E-state index contributed by atoms with van der Waals surface area (Å²) in [4.78, 5) is 22.6. The van der Waals surface area contributed by atoms with E-state index in [2.05, 4.69) is 21.2 Å². The van der Waals surface area contributed by atoms with E-state index in [-0.39, 0.29) is 12.3 Å². The molecule has 0 spiro atoms. The molecular weight excluding hydrogens is 317 g/mol. The van der Waals surface area contributed by atoms with E-state index in [1.165, 1.54) is 18.2 Å². The molecule has 6 heteroatoms. The number of carbonyl (C=O) groups is 2. The number of carboxylic acids is 1. The normalized spacial score (nSPS) is 11.2. The zero-order chi connectivity index (χ0) is 14.6. The molecule has 0 atom stereocenters. The standard InChI is InChI=1S/C13H15BrFNO3/c1-13(2,6-5-11(17)18)16-12(19)9-4-3-8(15)7-10(9)14/h3-4,7H,5-6H2,1-2H3,(H,16,19)(H,17,18). The summed E-state index contributed by atoms with van der Waals surface area (Å²) in [5, 5.41) is 11.4. The summed E-state index contributed by atoms with van der Waals surface area (Å²) in [5.74, 6) is -1.72. The molecule has 0 saturated carbocycles. The Balaban J connectivity index is 2.75. The van der Waals surface area contributed by atoms with E-state index >= 15 is 0 Å². The molecule has 1 aromatic rings. The fraction of sp³-hybridized carbons (Fsp3) is 0.385. The Morgan fingerprint density at radius 3 is 2.58 bits per heavy atom. The molecule has 0 aliphatic rings. The highest BCUT2D eigenvalue weighted by atomic mass is 79.9. The van der Waals surface area contributed by atoms with Crippen molar-refractivity contribution < 1.29 is 19.1 Å². The number of hydrogen-bond donors (Lipinski definition) is 2. The van der Waals surface area contributed by atoms with Crippen molar-refractivity contribution in [2.75, 3.05) is 0 Å². The molecular formula is C13H15BrFNO3. The molecule has 0 bridgehead atoms. The monoisotopic (exact) mass is 331 g/mol. The van der Waals surface area contributed by atoms with Gasteiger partial charge in [-0.2, -0.15) is 0 Å². The Kier molecular flexibility index (Phi) is 5.05. The van der Waals surface area contributed by atoms with Gasteiger partial charge in [-0.05, 0) is 54.4 Å². The van der Waals surface area contributed by atoms with Crippen LogP contribution in [-0.2, 0) is 4.79 Å². The highest BCUT2D eigenvalue weighted by Gasteiger charge is 2.23. The minimum Gasteiger partial charge on any atom is -0.481 e. The average Bonchev–Trinajstić information content (AvgIpc) is 2.25. The lowest BCUT2D eigenvalue weighted by Crippen LogP contribution is -2.43. The van der Waals surface area contributed by atoms with Crippen molar-refractivity contribution in [1.82, 2.24) is 5.32 Å². The van der Waals surface area contributed by atoms with E-state index in [1.54, 1.807) is 13.8 Å². The maximum atomic E-state index is 12.9. The summed E-state index contributed by atoms with van der Waals surface area (Å²) in [7, 11) is 0. The lowest BCUT2D eigenvalue weighted by atomic mass is 9.98. The van der Waals surface area contributed by atoms with Crippen LogP contribution in [0, 0.1) is 5.82 Å². The van der Waals surface area contributed by atoms with Gasteiger partial charge in [-0.1, -0.05) is 0 Å². The van der Waals surface area contributed by atoms with Gasteiger partial charge in [-0.3, -0.25) is 9.59 Å². The number of carboxylic acid groups (broad SMARTS) is 1. The van der Waals surface area contributed by atoms with E-state index < -0.39 is 17.3 Å². The van der Waals surface area contributed by atoms with Gasteiger partial charge in [0.2, 0.25) is 0 Å². The zero-order valence-corrected chi connectivity index (χ0v) is 12.3. The van der Waals surface area contributed by atoms with Gasteiger partial charge in [0.1, 0.15) is 5.82 Å². The van der Waals surface area contributed by atoms with Gasteiger partial charge in [-0.15, -0.1) is 0 Å². The number of rotatable bonds is 5. The molecule has 0 heterocycles. The van der Waals surface area contributed by atoms with Crippen LogP contribution in [0.2, 0.25) is 0 Å². The first-order chi connectivity index (χ1) is 8.71. The molecule has 0 unspecified atom stereocenters. The predicted molar refractivity (Wildman–Crippen MR) is 72.5 cm³/mol. The quantitative estimate of drug-likeness (QED) is 0.871. The zero-order valence-electron chi connectivity index (χ0n) is 10.7. The summed E-state index contributed by atoms with van der Waals surface area (Å²) >= 11 is 3.12. The molecule has 0 aromatic heterocycles. The smallest absolute Gasteiger partial charge is 0.303 e. The van der Waals surface area contributed by atoms with Crippen LogP contribution in [0.1, 0.15) is 37.0 Å². The second kappa shape index (κ2) is 6.14. The Bertz CT molecular complexity index is 503. The molecule has 0 saturated heterocycles. The summed E-state index contributed by atoms with van der Waals surface area (Å²) in [6, 6.07) is 3.78. The van der Waals surface area contributed by atoms with Crippen LogP contribution < -0.4 is 5.32 Å². The molecule has 1 aromatic carbocycles. The third kappa shape index (κ3) is 4.98. The molecule has 0 aliphatic carbocycles. The minimum atomic E-state index is -0.912. The van der Waals surface area contributed by atoms with Gasteiger partial charge in [0.15, 0.2) is 0 Å². The molecule has 104 valence electrons. The highest BCUT2D eigenvalue weighted by Crippen LogP contribution is 2.20. The van der Waals surface area contributed by atoms with Crippen LogP contribution in [0.3, 0.4) is 0 Å². The number of nitrogens with one attached hydrogen (secondary N) is 1. The Morgan fingerprint density at radius 1 is 1.42 bits per heavy atom. The first kappa shape index (κ1) is 15.6. The molecule has 1 amide bonds. The Hall–Kier alpha value is -1.43. The summed E-state index contributed by atoms with van der Waals surface area (Å²) in [6.07, 6.45) is 0.282. The lowest BCUT2D eigenvalue weighted by molar-refractivity contribution is -0.137. The average molecular weight is 332 g/mol. The maximum Gasteiger partial charge on any atom is 0.303 e. The fourth-order valence-electron chi connectivity index (χ4n) is 1.53. The molecule has 0 fully saturated rings. The van der Waals surface area contributed by atoms with E-state index in [1.807, 2.05) is 0 Å². The topological polar surface area (TPSA) is 66.4 Å². The summed E-state index contributed by atoms with van der Waals surface area (Å²) in [5.41, 5.74) is -0.340. The SMILES string of the molecule is CC(C)(CCC(=O)O)NC(=O)c1ccc(F)cc1Br. The molecule has 4 nitrogen and oxygen atoms in total. The second-order valence-corrected chi connectivity index (χ2v) is 5.71. The molecule has 0 aliphatic heterocycles. The number of halogens is 2. The van der Waals surface area contributed by atoms with Gasteiger partial charge in [-0.25, -0.2) is 4.39 Å². The van der Waals surface area contributed by atoms with Crippen molar-refractivity contribution >= 4 is 27.8 Å². The van der Waals surface area contributed by atoms with Crippen LogP contribution in [0.5, 0.6) is 0 Å². The molecule has 2 N–H and O–H groups in total. The fourth-order valence-corrected chi connectivity index (χ4v) is 2.06. The predicted octanol–water partition coefficient (Wildman–Crippen LogP) is 2.96. The van der Waals surface area contributed by atoms with Crippen molar-refractivity contribution in [2.24, 2.45) is 0 Å². The van der Waals surface area contributed by atoms with Gasteiger partial charge in [0.05, 0.1) is 5.56 Å². The van der Waals surface area contributed by atoms with E-state index in [9.17, 15) is 14.0 Å². The maximum absolute atomic E-state index is 12.9. The van der Waals surface area contributed by atoms with Crippen molar-refractivity contribution in [3.05, 3.63) is 34.1 Å². The Morgan fingerprint density at radius 2 is 2.05 bits per heavy atom. The van der Waals surface area contributed by atoms with Crippen LogP contribution in [0.4, 0.5) is 4.39 Å². The largest absolute Gasteiger partial charge is 0.481 e. The van der Waals surface area contributed by atoms with E-state index in [4.69, 9.17) is 5.11 Å². The van der Waals surface area contributed by atoms with Gasteiger partial charge in [0, 0.05) is 16.4 Å². The third-order valence-corrected chi connectivity index (χ3v) is 3.25. The first-order valence-electron chi connectivity index (χ1n) is 5.70. The van der Waals surface area contributed by atoms with Crippen molar-refractivity contribution in [1.29, 1.82) is 0 Å². The van der Waals surface area contributed by atoms with Crippen LogP contribution in [-0.4, -0.2) is 22.5 Å². The highest BCUT2D eigenvalue weighted by molar-refractivity contribution is 9.10. The summed E-state index contributed by atoms with van der Waals surface area (Å²) < 4.78 is 13.3. The number of hydrogen-bond acceptors (Lipinski definition) is 2. The van der Waals surface area contributed by atoms with Crippen LogP contribution in [0.15, 0.2) is 22.7 Å². The van der Waals surface area contributed by atoms with Gasteiger partial charge < -0.3 is 10.4 Å². The van der Waals surface area contributed by atoms with Crippen LogP contribution in [0.25, 0.3) is 0 Å². The lowest BCUT2D eigenvalue weighted by Gasteiger charge is -2.25. The van der Waals surface area contributed by atoms with Gasteiger partial charge in [0.25, 0.3) is 5.91 Å². The van der Waals surface area contributed by atoms with Crippen molar-refractivity contribution in [3.63, 3.8) is 0 Å². The Labute approximate surface area is 119 Å². The number of benzene rings is 1. The summed E-state index contributed by atoms with van der Waals surface area (Å²) in [6.45, 7) is 3.48. The first-order valence-corrected chi connectivity index (χ1v) is 6.50. The molecule has 19 heavy (non-hydrogen) atoms. The van der Waals surface area contributed by atoms with Gasteiger partial charge >= 0.3 is 5.97 Å². The van der Waals surface area contributed by atoms with E-state index in [0.717, 1.165) is 0 Å². The number of amides is 1. The second-order valence-electron chi connectivity index (χ2n) is 4.86. The number of aliphatic carboxylic acids is 1. The van der Waals surface area contributed by atoms with Crippen LogP contribution >= 0.6 is 15.9 Å². The van der Waals surface area contributed by atoms with E-state index in [0.29, 0.717) is 16.5 Å². The van der Waals surface area contributed by atoms with Crippen molar-refractivity contribution in [2.45, 2.75) is 32.2 Å². The molecule has 0 radical (unpaired) electrons. The van der Waals surface area contributed by atoms with Crippen molar-refractivity contribution in [3.8, 4) is 0 Å². The minimum absolute atomic E-state index is 0.0299.